The molecule has 9 heteroatoms. The predicted molar refractivity (Wildman–Crippen MR) is 103 cm³/mol. The van der Waals surface area contributed by atoms with Crippen molar-refractivity contribution in [2.24, 2.45) is 5.73 Å². The van der Waals surface area contributed by atoms with E-state index < -0.39 is 35.6 Å². The van der Waals surface area contributed by atoms with Gasteiger partial charge >= 0.3 is 11.9 Å². The van der Waals surface area contributed by atoms with Crippen LogP contribution in [0.2, 0.25) is 0 Å². The second-order valence-electron chi connectivity index (χ2n) is 6.36. The van der Waals surface area contributed by atoms with Crippen molar-refractivity contribution in [3.63, 3.8) is 0 Å². The Bertz CT molecular complexity index is 1100. The number of hydrogen-bond donors (Lipinski definition) is 1. The van der Waals surface area contributed by atoms with Crippen LogP contribution in [0.1, 0.15) is 12.0 Å². The van der Waals surface area contributed by atoms with E-state index in [0.29, 0.717) is 11.3 Å². The number of nitrogens with zero attached hydrogens (tertiary/aromatic N) is 2. The molecule has 2 heterocycles. The molecular weight excluding hydrogens is 390 g/mol. The molecule has 2 N–H and O–H groups in total. The molecule has 3 rings (SSSR count). The Hall–Kier alpha value is -4.24. The van der Waals surface area contributed by atoms with E-state index in [1.807, 2.05) is 6.07 Å². The first-order valence-electron chi connectivity index (χ1n) is 8.70. The third-order valence-electron chi connectivity index (χ3n) is 4.96. The lowest BCUT2D eigenvalue weighted by molar-refractivity contribution is -0.141. The first-order valence-corrected chi connectivity index (χ1v) is 8.70. The molecule has 0 bridgehead atoms. The molecule has 1 atom stereocenters. The quantitative estimate of drug-likeness (QED) is 0.567. The zero-order valence-electron chi connectivity index (χ0n) is 16.2. The van der Waals surface area contributed by atoms with E-state index in [2.05, 4.69) is 10.7 Å². The number of nitriles is 1. The topological polar surface area (TPSA) is 132 Å². The predicted octanol–water partition coefficient (Wildman–Crippen LogP) is 0.618. The highest BCUT2D eigenvalue weighted by Gasteiger charge is 2.62. The number of carbonyl (C=O) groups excluding carboxylic acids is 3. The summed E-state index contributed by atoms with van der Waals surface area (Å²) in [5.41, 5.74) is 4.10. The molecular formula is C21H17N3O6. The molecule has 1 spiro atoms. The normalized spacial score (nSPS) is 19.7. The maximum absolute atomic E-state index is 13.8. The molecule has 0 aliphatic carbocycles. The summed E-state index contributed by atoms with van der Waals surface area (Å²) < 4.78 is 15.0. The molecule has 0 saturated heterocycles. The number of para-hydroxylation sites is 1. The van der Waals surface area contributed by atoms with Gasteiger partial charge in [0, 0.05) is 11.3 Å². The number of fused-ring (bicyclic) bond motifs is 2. The van der Waals surface area contributed by atoms with Crippen LogP contribution in [0.5, 0.6) is 0 Å². The van der Waals surface area contributed by atoms with Crippen molar-refractivity contribution in [1.29, 1.82) is 5.26 Å². The van der Waals surface area contributed by atoms with Gasteiger partial charge < -0.3 is 19.9 Å². The first kappa shape index (κ1) is 20.5. The second-order valence-corrected chi connectivity index (χ2v) is 6.36. The summed E-state index contributed by atoms with van der Waals surface area (Å²) in [5.74, 6) is -0.627. The van der Waals surface area contributed by atoms with Crippen LogP contribution >= 0.6 is 0 Å². The van der Waals surface area contributed by atoms with Crippen LogP contribution in [0.3, 0.4) is 0 Å². The fourth-order valence-corrected chi connectivity index (χ4v) is 3.77. The monoisotopic (exact) mass is 407 g/mol. The van der Waals surface area contributed by atoms with Crippen LogP contribution < -0.4 is 10.6 Å². The van der Waals surface area contributed by atoms with E-state index in [1.165, 1.54) is 4.90 Å². The average Bonchev–Trinajstić information content (AvgIpc) is 2.97. The minimum absolute atomic E-state index is 0.113. The number of hydrogen-bond acceptors (Lipinski definition) is 8. The van der Waals surface area contributed by atoms with E-state index in [4.69, 9.17) is 21.6 Å². The largest absolute Gasteiger partial charge is 0.469 e. The van der Waals surface area contributed by atoms with Gasteiger partial charge in [0.1, 0.15) is 29.4 Å². The van der Waals surface area contributed by atoms with Gasteiger partial charge in [-0.2, -0.15) is 5.26 Å². The van der Waals surface area contributed by atoms with Crippen molar-refractivity contribution < 1.29 is 28.6 Å². The summed E-state index contributed by atoms with van der Waals surface area (Å²) in [7, 11) is 2.26. The van der Waals surface area contributed by atoms with Crippen molar-refractivity contribution in [3.05, 3.63) is 52.6 Å². The summed E-state index contributed by atoms with van der Waals surface area (Å²) in [4.78, 5) is 39.9. The lowest BCUT2D eigenvalue weighted by Crippen LogP contribution is -2.48. The minimum Gasteiger partial charge on any atom is -0.469 e. The van der Waals surface area contributed by atoms with Crippen molar-refractivity contribution in [2.45, 2.75) is 11.8 Å². The van der Waals surface area contributed by atoms with Gasteiger partial charge in [-0.3, -0.25) is 14.5 Å². The lowest BCUT2D eigenvalue weighted by Gasteiger charge is -2.34. The number of anilines is 1. The van der Waals surface area contributed by atoms with E-state index in [9.17, 15) is 19.6 Å². The number of amides is 1. The Morgan fingerprint density at radius 1 is 1.30 bits per heavy atom. The van der Waals surface area contributed by atoms with Crippen LogP contribution in [0.25, 0.3) is 0 Å². The van der Waals surface area contributed by atoms with Gasteiger partial charge in [-0.15, -0.1) is 6.42 Å². The van der Waals surface area contributed by atoms with Crippen molar-refractivity contribution in [3.8, 4) is 18.4 Å². The molecule has 9 nitrogen and oxygen atoms in total. The molecule has 2 aliphatic rings. The van der Waals surface area contributed by atoms with Gasteiger partial charge in [0.25, 0.3) is 0 Å². The molecule has 1 aromatic carbocycles. The van der Waals surface area contributed by atoms with E-state index in [1.54, 1.807) is 24.3 Å². The lowest BCUT2D eigenvalue weighted by atomic mass is 9.68. The smallest absolute Gasteiger partial charge is 0.339 e. The number of carbonyl (C=O) groups is 3. The number of benzene rings is 1. The van der Waals surface area contributed by atoms with Crippen LogP contribution in [-0.2, 0) is 34.0 Å². The van der Waals surface area contributed by atoms with Gasteiger partial charge in [-0.1, -0.05) is 24.1 Å². The third-order valence-corrected chi connectivity index (χ3v) is 4.96. The molecule has 0 saturated carbocycles. The summed E-state index contributed by atoms with van der Waals surface area (Å²) in [6.07, 6.45) is 4.93. The fraction of sp³-hybridized carbons (Fsp3) is 0.238. The average molecular weight is 407 g/mol. The van der Waals surface area contributed by atoms with E-state index in [-0.39, 0.29) is 23.5 Å². The Kier molecular flexibility index (Phi) is 5.22. The minimum atomic E-state index is -1.97. The van der Waals surface area contributed by atoms with Gasteiger partial charge in [-0.05, 0) is 6.07 Å². The fourth-order valence-electron chi connectivity index (χ4n) is 3.77. The number of methoxy groups -OCH3 is 2. The number of ether oxygens (including phenoxy) is 3. The molecule has 1 amide bonds. The third kappa shape index (κ3) is 2.68. The molecule has 2 aliphatic heterocycles. The highest BCUT2D eigenvalue weighted by molar-refractivity contribution is 6.19. The molecule has 152 valence electrons. The van der Waals surface area contributed by atoms with Crippen molar-refractivity contribution >= 4 is 23.5 Å². The highest BCUT2D eigenvalue weighted by atomic mass is 16.5. The Morgan fingerprint density at radius 3 is 2.60 bits per heavy atom. The maximum Gasteiger partial charge on any atom is 0.339 e. The summed E-state index contributed by atoms with van der Waals surface area (Å²) >= 11 is 0. The first-order chi connectivity index (χ1) is 14.4. The van der Waals surface area contributed by atoms with Crippen molar-refractivity contribution in [1.82, 2.24) is 0 Å². The van der Waals surface area contributed by atoms with Crippen LogP contribution in [0.4, 0.5) is 5.69 Å². The zero-order chi connectivity index (χ0) is 22.1. The number of terminal acetylenes is 1. The molecule has 0 fully saturated rings. The number of nitrogens with two attached hydrogens (primary N) is 1. The molecule has 0 radical (unpaired) electrons. The number of rotatable bonds is 4. The Labute approximate surface area is 172 Å². The number of esters is 2. The Balaban J connectivity index is 2.45. The summed E-state index contributed by atoms with van der Waals surface area (Å²) in [6, 6.07) is 8.43. The SMILES string of the molecule is C#CCN1C(=O)C2(C(C#N)=C(N)OC(CC(=O)OC)=C2C(=O)OC)c2ccccc21. The standard InChI is InChI=1S/C21H17N3O6/c1-4-9-24-14-8-6-5-7-12(14)21(20(24)27)13(11-22)18(23)30-15(10-16(25)28-2)17(21)19(26)29-3/h1,5-8H,9-10,23H2,2-3H3. The molecule has 30 heavy (non-hydrogen) atoms. The molecule has 1 aromatic rings. The summed E-state index contributed by atoms with van der Waals surface area (Å²) in [5, 5.41) is 9.89. The molecule has 0 aromatic heterocycles. The zero-order valence-corrected chi connectivity index (χ0v) is 16.2. The van der Waals surface area contributed by atoms with Crippen LogP contribution in [0, 0.1) is 23.7 Å². The highest BCUT2D eigenvalue weighted by Crippen LogP contribution is 2.54. The van der Waals surface area contributed by atoms with Gasteiger partial charge in [0.2, 0.25) is 11.8 Å². The van der Waals surface area contributed by atoms with E-state index >= 15 is 0 Å². The summed E-state index contributed by atoms with van der Waals surface area (Å²) in [6.45, 7) is -0.113. The van der Waals surface area contributed by atoms with Gasteiger partial charge in [-0.25, -0.2) is 4.79 Å². The van der Waals surface area contributed by atoms with E-state index in [0.717, 1.165) is 14.2 Å². The van der Waals surface area contributed by atoms with Crippen LogP contribution in [0.15, 0.2) is 47.1 Å². The van der Waals surface area contributed by atoms with Gasteiger partial charge in [0.15, 0.2) is 5.41 Å². The van der Waals surface area contributed by atoms with Gasteiger partial charge in [0.05, 0.1) is 20.8 Å². The Morgan fingerprint density at radius 2 is 2.00 bits per heavy atom. The van der Waals surface area contributed by atoms with Crippen LogP contribution in [-0.4, -0.2) is 38.6 Å². The molecule has 1 unspecified atom stereocenters. The van der Waals surface area contributed by atoms with Crippen molar-refractivity contribution in [2.75, 3.05) is 25.7 Å². The maximum atomic E-state index is 13.8. The second kappa shape index (κ2) is 7.64.